The van der Waals surface area contributed by atoms with E-state index in [0.29, 0.717) is 0 Å². The second-order valence-corrected chi connectivity index (χ2v) is 6.07. The molecule has 4 nitrogen and oxygen atoms in total. The minimum Gasteiger partial charge on any atom is -0.385 e. The first-order chi connectivity index (χ1) is 9.13. The number of non-ortho nitro benzene ring substituents is 1. The van der Waals surface area contributed by atoms with Crippen LogP contribution in [0.2, 0.25) is 0 Å². The van der Waals surface area contributed by atoms with Crippen molar-refractivity contribution in [3.05, 3.63) is 33.9 Å². The minimum atomic E-state index is -0.341. The van der Waals surface area contributed by atoms with Gasteiger partial charge in [0, 0.05) is 24.4 Å². The summed E-state index contributed by atoms with van der Waals surface area (Å²) >= 11 is 0. The Morgan fingerprint density at radius 1 is 1.37 bits per heavy atom. The van der Waals surface area contributed by atoms with Crippen molar-refractivity contribution >= 4 is 11.4 Å². The number of aryl methyl sites for hydroxylation is 1. The molecule has 0 radical (unpaired) electrons. The first-order valence-corrected chi connectivity index (χ1v) is 7.12. The van der Waals surface area contributed by atoms with Crippen molar-refractivity contribution < 1.29 is 4.92 Å². The average Bonchev–Trinajstić information content (AvgIpc) is 2.99. The lowest BCUT2D eigenvalue weighted by atomic mass is 9.89. The van der Waals surface area contributed by atoms with Gasteiger partial charge in [-0.15, -0.1) is 0 Å². The molecule has 0 aromatic heterocycles. The number of hydrogen-bond donors (Lipinski definition) is 1. The van der Waals surface area contributed by atoms with Crippen LogP contribution in [-0.2, 0) is 0 Å². The summed E-state index contributed by atoms with van der Waals surface area (Å²) in [5.74, 6) is 2.68. The Labute approximate surface area is 113 Å². The molecule has 3 atom stereocenters. The van der Waals surface area contributed by atoms with E-state index < -0.39 is 0 Å². The molecule has 1 N–H and O–H groups in total. The van der Waals surface area contributed by atoms with Crippen LogP contribution in [0.4, 0.5) is 11.4 Å². The fourth-order valence-corrected chi connectivity index (χ4v) is 3.83. The van der Waals surface area contributed by atoms with Gasteiger partial charge in [0.05, 0.1) is 4.92 Å². The lowest BCUT2D eigenvalue weighted by Gasteiger charge is -2.22. The third-order valence-electron chi connectivity index (χ3n) is 4.86. The van der Waals surface area contributed by atoms with Gasteiger partial charge in [-0.1, -0.05) is 6.42 Å². The van der Waals surface area contributed by atoms with Crippen LogP contribution in [0, 0.1) is 34.8 Å². The molecule has 19 heavy (non-hydrogen) atoms. The molecular weight excluding hydrogens is 240 g/mol. The number of hydrogen-bond acceptors (Lipinski definition) is 3. The molecule has 2 fully saturated rings. The van der Waals surface area contributed by atoms with Gasteiger partial charge in [-0.3, -0.25) is 10.1 Å². The Kier molecular flexibility index (Phi) is 3.17. The van der Waals surface area contributed by atoms with Gasteiger partial charge < -0.3 is 5.32 Å². The molecule has 2 aliphatic carbocycles. The summed E-state index contributed by atoms with van der Waals surface area (Å²) in [7, 11) is 0. The predicted molar refractivity (Wildman–Crippen MR) is 75.3 cm³/mol. The molecule has 3 unspecified atom stereocenters. The molecule has 2 bridgehead atoms. The second-order valence-electron chi connectivity index (χ2n) is 6.07. The number of nitrogens with zero attached hydrogens (tertiary/aromatic N) is 1. The van der Waals surface area contributed by atoms with Crippen LogP contribution in [-0.4, -0.2) is 11.5 Å². The molecule has 3 rings (SSSR count). The number of fused-ring (bicyclic) bond motifs is 2. The zero-order valence-corrected chi connectivity index (χ0v) is 11.3. The summed E-state index contributed by atoms with van der Waals surface area (Å²) < 4.78 is 0. The monoisotopic (exact) mass is 260 g/mol. The molecule has 4 heteroatoms. The van der Waals surface area contributed by atoms with Crippen molar-refractivity contribution in [2.24, 2.45) is 17.8 Å². The quantitative estimate of drug-likeness (QED) is 0.662. The lowest BCUT2D eigenvalue weighted by Crippen LogP contribution is -2.20. The number of nitro benzene ring substituents is 1. The fourth-order valence-electron chi connectivity index (χ4n) is 3.83. The highest BCUT2D eigenvalue weighted by Crippen LogP contribution is 2.48. The van der Waals surface area contributed by atoms with Crippen molar-refractivity contribution in [3.63, 3.8) is 0 Å². The Hall–Kier alpha value is -1.58. The van der Waals surface area contributed by atoms with Gasteiger partial charge in [0.2, 0.25) is 0 Å². The summed E-state index contributed by atoms with van der Waals surface area (Å²) in [6.07, 6.45) is 5.61. The minimum absolute atomic E-state index is 0.169. The van der Waals surface area contributed by atoms with Crippen LogP contribution >= 0.6 is 0 Å². The van der Waals surface area contributed by atoms with Crippen molar-refractivity contribution in [1.82, 2.24) is 0 Å². The third-order valence-corrected chi connectivity index (χ3v) is 4.86. The number of nitro groups is 1. The molecule has 0 amide bonds. The van der Waals surface area contributed by atoms with E-state index in [-0.39, 0.29) is 10.6 Å². The maximum atomic E-state index is 10.7. The zero-order valence-electron chi connectivity index (χ0n) is 11.3. The molecule has 1 aromatic rings. The maximum Gasteiger partial charge on any atom is 0.269 e. The van der Waals surface area contributed by atoms with Crippen LogP contribution < -0.4 is 5.32 Å². The first-order valence-electron chi connectivity index (χ1n) is 7.12. The second kappa shape index (κ2) is 4.83. The van der Waals surface area contributed by atoms with E-state index in [0.717, 1.165) is 35.5 Å². The van der Waals surface area contributed by atoms with Gasteiger partial charge in [-0.05, 0) is 55.6 Å². The van der Waals surface area contributed by atoms with Crippen LogP contribution in [0.3, 0.4) is 0 Å². The zero-order chi connectivity index (χ0) is 13.4. The molecule has 1 aromatic carbocycles. The largest absolute Gasteiger partial charge is 0.385 e. The fraction of sp³-hybridized carbons (Fsp3) is 0.600. The van der Waals surface area contributed by atoms with Crippen LogP contribution in [0.25, 0.3) is 0 Å². The van der Waals surface area contributed by atoms with Crippen LogP contribution in [0.1, 0.15) is 31.2 Å². The van der Waals surface area contributed by atoms with E-state index in [9.17, 15) is 10.1 Å². The number of benzene rings is 1. The van der Waals surface area contributed by atoms with Gasteiger partial charge in [0.15, 0.2) is 0 Å². The molecule has 0 aliphatic heterocycles. The lowest BCUT2D eigenvalue weighted by molar-refractivity contribution is -0.384. The van der Waals surface area contributed by atoms with E-state index in [4.69, 9.17) is 0 Å². The topological polar surface area (TPSA) is 55.2 Å². The van der Waals surface area contributed by atoms with Crippen molar-refractivity contribution in [3.8, 4) is 0 Å². The Bertz CT molecular complexity index is 501. The standard InChI is InChI=1S/C15H20N2O2/c1-10-6-14(17(18)19)4-5-15(10)16-9-13-8-11-2-3-12(13)7-11/h4-6,11-13,16H,2-3,7-9H2,1H3. The highest BCUT2D eigenvalue weighted by molar-refractivity contribution is 5.55. The summed E-state index contributed by atoms with van der Waals surface area (Å²) in [6, 6.07) is 5.06. The van der Waals surface area contributed by atoms with Gasteiger partial charge in [-0.2, -0.15) is 0 Å². The molecule has 2 saturated carbocycles. The van der Waals surface area contributed by atoms with Gasteiger partial charge in [-0.25, -0.2) is 0 Å². The van der Waals surface area contributed by atoms with Gasteiger partial charge in [0.1, 0.15) is 0 Å². The van der Waals surface area contributed by atoms with Crippen molar-refractivity contribution in [1.29, 1.82) is 0 Å². The third kappa shape index (κ3) is 2.44. The van der Waals surface area contributed by atoms with E-state index >= 15 is 0 Å². The number of nitrogens with one attached hydrogen (secondary N) is 1. The van der Waals surface area contributed by atoms with Crippen LogP contribution in [0.5, 0.6) is 0 Å². The van der Waals surface area contributed by atoms with Crippen molar-refractivity contribution in [2.45, 2.75) is 32.6 Å². The molecule has 0 spiro atoms. The van der Waals surface area contributed by atoms with Crippen LogP contribution in [0.15, 0.2) is 18.2 Å². The molecular formula is C15H20N2O2. The number of rotatable bonds is 4. The molecule has 0 saturated heterocycles. The maximum absolute atomic E-state index is 10.7. The van der Waals surface area contributed by atoms with Crippen molar-refractivity contribution in [2.75, 3.05) is 11.9 Å². The van der Waals surface area contributed by atoms with E-state index in [1.165, 1.54) is 25.7 Å². The van der Waals surface area contributed by atoms with E-state index in [1.54, 1.807) is 12.1 Å². The smallest absolute Gasteiger partial charge is 0.269 e. The Morgan fingerprint density at radius 2 is 2.21 bits per heavy atom. The SMILES string of the molecule is Cc1cc([N+](=O)[O-])ccc1NCC1CC2CCC1C2. The summed E-state index contributed by atoms with van der Waals surface area (Å²) in [4.78, 5) is 10.4. The average molecular weight is 260 g/mol. The van der Waals surface area contributed by atoms with E-state index in [2.05, 4.69) is 5.32 Å². The summed E-state index contributed by atoms with van der Waals surface area (Å²) in [5, 5.41) is 14.2. The molecule has 2 aliphatic rings. The van der Waals surface area contributed by atoms with E-state index in [1.807, 2.05) is 13.0 Å². The summed E-state index contributed by atoms with van der Waals surface area (Å²) in [6.45, 7) is 2.94. The highest BCUT2D eigenvalue weighted by Gasteiger charge is 2.39. The Morgan fingerprint density at radius 3 is 2.79 bits per heavy atom. The normalized spacial score (nSPS) is 28.6. The van der Waals surface area contributed by atoms with Gasteiger partial charge in [0.25, 0.3) is 5.69 Å². The summed E-state index contributed by atoms with van der Waals surface area (Å²) in [5.41, 5.74) is 2.16. The predicted octanol–water partition coefficient (Wildman–Crippen LogP) is 3.75. The van der Waals surface area contributed by atoms with Gasteiger partial charge >= 0.3 is 0 Å². The molecule has 0 heterocycles. The number of anilines is 1. The highest BCUT2D eigenvalue weighted by atomic mass is 16.6. The molecule has 102 valence electrons. The Balaban J connectivity index is 1.62. The first kappa shape index (κ1) is 12.5.